The fourth-order valence-corrected chi connectivity index (χ4v) is 5.25. The van der Waals surface area contributed by atoms with Crippen LogP contribution >= 0.6 is 12.2 Å². The number of thiocarbonyl (C=S) groups is 1. The maximum atomic E-state index is 14.0. The van der Waals surface area contributed by atoms with Crippen LogP contribution in [-0.4, -0.2) is 50.2 Å². The van der Waals surface area contributed by atoms with E-state index in [1.807, 2.05) is 30.5 Å². The zero-order valence-electron chi connectivity index (χ0n) is 26.3. The van der Waals surface area contributed by atoms with Gasteiger partial charge in [0, 0.05) is 55.5 Å². The van der Waals surface area contributed by atoms with E-state index in [-0.39, 0.29) is 42.0 Å². The van der Waals surface area contributed by atoms with E-state index < -0.39 is 17.8 Å². The van der Waals surface area contributed by atoms with Crippen molar-refractivity contribution < 1.29 is 22.7 Å². The molecular formula is C34H36F3N7O2S. The number of ether oxygens (including phenoxy) is 1. The predicted molar refractivity (Wildman–Crippen MR) is 176 cm³/mol. The first-order chi connectivity index (χ1) is 22.5. The summed E-state index contributed by atoms with van der Waals surface area (Å²) >= 11 is 5.75. The van der Waals surface area contributed by atoms with E-state index in [0.29, 0.717) is 35.8 Å². The Labute approximate surface area is 277 Å². The molecule has 0 unspecified atom stereocenters. The Kier molecular flexibility index (Phi) is 11.9. The first kappa shape index (κ1) is 34.9. The van der Waals surface area contributed by atoms with Crippen molar-refractivity contribution in [2.45, 2.75) is 52.0 Å². The lowest BCUT2D eigenvalue weighted by molar-refractivity contribution is -0.138. The van der Waals surface area contributed by atoms with Crippen LogP contribution in [0.4, 0.5) is 18.9 Å². The molecule has 13 heteroatoms. The highest BCUT2D eigenvalue weighted by Crippen LogP contribution is 2.32. The van der Waals surface area contributed by atoms with Crippen LogP contribution < -0.4 is 15.4 Å². The number of amides is 1. The second-order valence-electron chi connectivity index (χ2n) is 11.1. The standard InChI is InChI=1S/C34H36F3N7O2S/c1-4-23(2)30(42-31(45)16-28-18-39-22-44(28)19-25-11-9-24(17-38)10-12-25)21-43(20-26-7-5-6-8-29(26)34(35,36)37)33(47)41-27-13-14-40-32(15-27)46-3/h5-15,18,22-23,30H,4,16,19-21H2,1-3H3,(H,42,45)(H,40,41,47)/t23-,30+/m0/s1. The normalized spacial score (nSPS) is 12.4. The molecule has 0 aliphatic heterocycles. The van der Waals surface area contributed by atoms with Crippen LogP contribution in [0.15, 0.2) is 79.4 Å². The molecule has 0 aliphatic rings. The van der Waals surface area contributed by atoms with Crippen molar-refractivity contribution >= 4 is 28.9 Å². The highest BCUT2D eigenvalue weighted by atomic mass is 32.1. The van der Waals surface area contributed by atoms with Gasteiger partial charge in [-0.05, 0) is 53.5 Å². The van der Waals surface area contributed by atoms with Crippen molar-refractivity contribution in [3.8, 4) is 11.9 Å². The van der Waals surface area contributed by atoms with Gasteiger partial charge in [-0.2, -0.15) is 18.4 Å². The molecule has 0 fully saturated rings. The summed E-state index contributed by atoms with van der Waals surface area (Å²) in [5.74, 6) is 0.0480. The van der Waals surface area contributed by atoms with Gasteiger partial charge in [-0.3, -0.25) is 4.79 Å². The first-order valence-electron chi connectivity index (χ1n) is 15.0. The second kappa shape index (κ2) is 16.0. The number of imidazole rings is 1. The van der Waals surface area contributed by atoms with Gasteiger partial charge in [0.25, 0.3) is 0 Å². The summed E-state index contributed by atoms with van der Waals surface area (Å²) in [6.07, 6.45) is 0.993. The van der Waals surface area contributed by atoms with E-state index in [0.717, 1.165) is 11.6 Å². The van der Waals surface area contributed by atoms with Crippen molar-refractivity contribution in [1.29, 1.82) is 5.26 Å². The molecule has 2 aromatic carbocycles. The quantitative estimate of drug-likeness (QED) is 0.163. The van der Waals surface area contributed by atoms with Gasteiger partial charge in [0.05, 0.1) is 37.1 Å². The molecule has 1 amide bonds. The Morgan fingerprint density at radius 2 is 1.91 bits per heavy atom. The van der Waals surface area contributed by atoms with Gasteiger partial charge >= 0.3 is 6.18 Å². The van der Waals surface area contributed by atoms with E-state index in [2.05, 4.69) is 26.7 Å². The van der Waals surface area contributed by atoms with Crippen molar-refractivity contribution in [3.05, 3.63) is 107 Å². The third kappa shape index (κ3) is 9.76. The SMILES string of the molecule is CC[C@H](C)[C@@H](CN(Cc1ccccc1C(F)(F)F)C(=S)Nc1ccnc(OC)c1)NC(=O)Cc1cncn1Cc1ccc(C#N)cc1. The maximum Gasteiger partial charge on any atom is 0.416 e. The lowest BCUT2D eigenvalue weighted by Crippen LogP contribution is -2.50. The van der Waals surface area contributed by atoms with Crippen molar-refractivity contribution in [2.24, 2.45) is 5.92 Å². The maximum absolute atomic E-state index is 14.0. The molecule has 2 atom stereocenters. The molecule has 9 nitrogen and oxygen atoms in total. The van der Waals surface area contributed by atoms with Crippen LogP contribution in [0.2, 0.25) is 0 Å². The van der Waals surface area contributed by atoms with Gasteiger partial charge in [0.15, 0.2) is 5.11 Å². The fourth-order valence-electron chi connectivity index (χ4n) is 4.99. The number of aromatic nitrogens is 3. The Bertz CT molecular complexity index is 1700. The molecule has 0 spiro atoms. The van der Waals surface area contributed by atoms with Crippen molar-refractivity contribution in [3.63, 3.8) is 0 Å². The van der Waals surface area contributed by atoms with Gasteiger partial charge < -0.3 is 24.8 Å². The fraction of sp³-hybridized carbons (Fsp3) is 0.324. The van der Waals surface area contributed by atoms with Crippen molar-refractivity contribution in [1.82, 2.24) is 24.8 Å². The third-order valence-corrected chi connectivity index (χ3v) is 8.20. The second-order valence-corrected chi connectivity index (χ2v) is 11.5. The number of rotatable bonds is 13. The number of nitrogens with zero attached hydrogens (tertiary/aromatic N) is 5. The Morgan fingerprint density at radius 1 is 1.17 bits per heavy atom. The zero-order chi connectivity index (χ0) is 34.0. The summed E-state index contributed by atoms with van der Waals surface area (Å²) in [7, 11) is 1.48. The highest BCUT2D eigenvalue weighted by molar-refractivity contribution is 7.80. The van der Waals surface area contributed by atoms with Crippen molar-refractivity contribution in [2.75, 3.05) is 19.0 Å². The number of nitriles is 1. The number of hydrogen-bond donors (Lipinski definition) is 2. The minimum atomic E-state index is -4.55. The minimum Gasteiger partial charge on any atom is -0.481 e. The molecule has 0 bridgehead atoms. The number of nitrogens with one attached hydrogen (secondary N) is 2. The smallest absolute Gasteiger partial charge is 0.416 e. The minimum absolute atomic E-state index is 0.0355. The van der Waals surface area contributed by atoms with E-state index in [1.54, 1.807) is 47.8 Å². The number of methoxy groups -OCH3 is 1. The van der Waals surface area contributed by atoms with E-state index in [9.17, 15) is 18.0 Å². The molecule has 4 rings (SSSR count). The first-order valence-corrected chi connectivity index (χ1v) is 15.4. The summed E-state index contributed by atoms with van der Waals surface area (Å²) in [5.41, 5.74) is 2.05. The lowest BCUT2D eigenvalue weighted by atomic mass is 9.97. The Hall–Kier alpha value is -4.96. The predicted octanol–water partition coefficient (Wildman–Crippen LogP) is 6.20. The van der Waals surface area contributed by atoms with Gasteiger partial charge in [-0.15, -0.1) is 0 Å². The molecule has 4 aromatic rings. The number of anilines is 1. The van der Waals surface area contributed by atoms with Gasteiger partial charge in [-0.1, -0.05) is 50.6 Å². The molecule has 2 N–H and O–H groups in total. The molecular weight excluding hydrogens is 627 g/mol. The molecule has 47 heavy (non-hydrogen) atoms. The van der Waals surface area contributed by atoms with E-state index in [1.165, 1.54) is 25.4 Å². The van der Waals surface area contributed by atoms with Crippen LogP contribution in [0.5, 0.6) is 5.88 Å². The summed E-state index contributed by atoms with van der Waals surface area (Å²) in [4.78, 5) is 23.4. The monoisotopic (exact) mass is 663 g/mol. The average molecular weight is 664 g/mol. The van der Waals surface area contributed by atoms with Crippen LogP contribution in [0.1, 0.15) is 48.2 Å². The highest BCUT2D eigenvalue weighted by Gasteiger charge is 2.34. The molecule has 0 saturated carbocycles. The summed E-state index contributed by atoms with van der Waals surface area (Å²) in [5, 5.41) is 15.5. The van der Waals surface area contributed by atoms with Gasteiger partial charge in [-0.25, -0.2) is 9.97 Å². The number of alkyl halides is 3. The molecule has 0 radical (unpaired) electrons. The molecule has 2 aromatic heterocycles. The van der Waals surface area contributed by atoms with Crippen LogP contribution in [0.25, 0.3) is 0 Å². The number of carbonyl (C=O) groups is 1. The number of hydrogen-bond acceptors (Lipinski definition) is 6. The number of halogens is 3. The number of carbonyl (C=O) groups excluding carboxylic acids is 1. The number of benzene rings is 2. The van der Waals surface area contributed by atoms with Gasteiger partial charge in [0.2, 0.25) is 11.8 Å². The van der Waals surface area contributed by atoms with E-state index >= 15 is 0 Å². The molecule has 0 saturated heterocycles. The largest absolute Gasteiger partial charge is 0.481 e. The molecule has 246 valence electrons. The molecule has 0 aliphatic carbocycles. The van der Waals surface area contributed by atoms with Crippen LogP contribution in [0.3, 0.4) is 0 Å². The number of pyridine rings is 1. The topological polar surface area (TPSA) is 108 Å². The molecule has 2 heterocycles. The van der Waals surface area contributed by atoms with Crippen LogP contribution in [0, 0.1) is 17.2 Å². The van der Waals surface area contributed by atoms with E-state index in [4.69, 9.17) is 22.2 Å². The Morgan fingerprint density at radius 3 is 2.60 bits per heavy atom. The summed E-state index contributed by atoms with van der Waals surface area (Å²) < 4.78 is 49.0. The van der Waals surface area contributed by atoms with Gasteiger partial charge in [0.1, 0.15) is 0 Å². The average Bonchev–Trinajstić information content (AvgIpc) is 3.49. The lowest BCUT2D eigenvalue weighted by Gasteiger charge is -2.34. The zero-order valence-corrected chi connectivity index (χ0v) is 27.1. The summed E-state index contributed by atoms with van der Waals surface area (Å²) in [6.45, 7) is 4.43. The summed E-state index contributed by atoms with van der Waals surface area (Å²) in [6, 6.07) is 17.5. The Balaban J connectivity index is 1.55. The van der Waals surface area contributed by atoms with Crippen LogP contribution in [-0.2, 0) is 30.5 Å². The third-order valence-electron chi connectivity index (χ3n) is 7.84.